The first-order valence-electron chi connectivity index (χ1n) is 6.94. The highest BCUT2D eigenvalue weighted by Crippen LogP contribution is 2.28. The van der Waals surface area contributed by atoms with Crippen LogP contribution in [0.5, 0.6) is 11.5 Å². The highest BCUT2D eigenvalue weighted by Gasteiger charge is 2.14. The molecule has 0 spiro atoms. The number of amides is 1. The van der Waals surface area contributed by atoms with Crippen LogP contribution in [0.4, 0.5) is 4.39 Å². The third kappa shape index (κ3) is 4.01. The molecule has 0 unspecified atom stereocenters. The SMILES string of the molecule is COc1ccc(C(=O)N[C@H](C)c2ccc(OC)c(Br)c2)cc1F. The molecule has 1 atom stereocenters. The fourth-order valence-electron chi connectivity index (χ4n) is 2.12. The van der Waals surface area contributed by atoms with Crippen LogP contribution in [-0.4, -0.2) is 20.1 Å². The summed E-state index contributed by atoms with van der Waals surface area (Å²) in [6, 6.07) is 9.42. The van der Waals surface area contributed by atoms with Crippen molar-refractivity contribution in [1.29, 1.82) is 0 Å². The maximum Gasteiger partial charge on any atom is 0.251 e. The summed E-state index contributed by atoms with van der Waals surface area (Å²) in [5.74, 6) is -0.107. The van der Waals surface area contributed by atoms with Crippen LogP contribution in [-0.2, 0) is 0 Å². The molecule has 2 aromatic rings. The molecule has 23 heavy (non-hydrogen) atoms. The molecule has 0 aromatic heterocycles. The van der Waals surface area contributed by atoms with E-state index in [9.17, 15) is 9.18 Å². The highest BCUT2D eigenvalue weighted by atomic mass is 79.9. The molecule has 0 saturated heterocycles. The van der Waals surface area contributed by atoms with Gasteiger partial charge >= 0.3 is 0 Å². The topological polar surface area (TPSA) is 47.6 Å². The highest BCUT2D eigenvalue weighted by molar-refractivity contribution is 9.10. The van der Waals surface area contributed by atoms with Crippen molar-refractivity contribution < 1.29 is 18.7 Å². The van der Waals surface area contributed by atoms with E-state index in [2.05, 4.69) is 21.2 Å². The van der Waals surface area contributed by atoms with Gasteiger partial charge in [0.05, 0.1) is 24.7 Å². The van der Waals surface area contributed by atoms with Gasteiger partial charge in [0, 0.05) is 5.56 Å². The number of rotatable bonds is 5. The van der Waals surface area contributed by atoms with E-state index in [-0.39, 0.29) is 23.3 Å². The lowest BCUT2D eigenvalue weighted by Crippen LogP contribution is -2.26. The van der Waals surface area contributed by atoms with E-state index < -0.39 is 5.82 Å². The predicted octanol–water partition coefficient (Wildman–Crippen LogP) is 4.10. The Bertz CT molecular complexity index is 721. The minimum atomic E-state index is -0.569. The van der Waals surface area contributed by atoms with E-state index in [4.69, 9.17) is 9.47 Å². The van der Waals surface area contributed by atoms with Crippen molar-refractivity contribution >= 4 is 21.8 Å². The fourth-order valence-corrected chi connectivity index (χ4v) is 2.68. The van der Waals surface area contributed by atoms with Gasteiger partial charge in [-0.3, -0.25) is 4.79 Å². The molecule has 0 heterocycles. The summed E-state index contributed by atoms with van der Waals surface area (Å²) >= 11 is 3.41. The van der Waals surface area contributed by atoms with Crippen LogP contribution in [0.15, 0.2) is 40.9 Å². The summed E-state index contributed by atoms with van der Waals surface area (Å²) in [6.07, 6.45) is 0. The van der Waals surface area contributed by atoms with Crippen LogP contribution in [0.3, 0.4) is 0 Å². The lowest BCUT2D eigenvalue weighted by atomic mass is 10.1. The number of methoxy groups -OCH3 is 2. The number of ether oxygens (including phenoxy) is 2. The number of benzene rings is 2. The van der Waals surface area contributed by atoms with Crippen molar-refractivity contribution in [3.63, 3.8) is 0 Å². The molecule has 0 aliphatic heterocycles. The monoisotopic (exact) mass is 381 g/mol. The Hall–Kier alpha value is -2.08. The van der Waals surface area contributed by atoms with Crippen molar-refractivity contribution in [2.75, 3.05) is 14.2 Å². The molecule has 6 heteroatoms. The van der Waals surface area contributed by atoms with E-state index in [1.807, 2.05) is 25.1 Å². The number of carbonyl (C=O) groups excluding carboxylic acids is 1. The molecule has 4 nitrogen and oxygen atoms in total. The number of halogens is 2. The second kappa shape index (κ2) is 7.46. The van der Waals surface area contributed by atoms with Crippen LogP contribution < -0.4 is 14.8 Å². The molecule has 0 saturated carbocycles. The van der Waals surface area contributed by atoms with Gasteiger partial charge in [0.1, 0.15) is 5.75 Å². The Morgan fingerprint density at radius 2 is 1.78 bits per heavy atom. The summed E-state index contributed by atoms with van der Waals surface area (Å²) in [6.45, 7) is 1.85. The minimum absolute atomic E-state index is 0.105. The van der Waals surface area contributed by atoms with Gasteiger partial charge in [0.25, 0.3) is 5.91 Å². The third-order valence-corrected chi connectivity index (χ3v) is 4.06. The smallest absolute Gasteiger partial charge is 0.251 e. The zero-order valence-corrected chi connectivity index (χ0v) is 14.6. The summed E-state index contributed by atoms with van der Waals surface area (Å²) in [5.41, 5.74) is 1.14. The number of nitrogens with one attached hydrogen (secondary N) is 1. The van der Waals surface area contributed by atoms with Gasteiger partial charge < -0.3 is 14.8 Å². The molecule has 2 rings (SSSR count). The Kier molecular flexibility index (Phi) is 5.60. The molecule has 122 valence electrons. The van der Waals surface area contributed by atoms with Gasteiger partial charge in [0.15, 0.2) is 11.6 Å². The molecule has 0 aliphatic carbocycles. The summed E-state index contributed by atoms with van der Waals surface area (Å²) in [7, 11) is 2.96. The largest absolute Gasteiger partial charge is 0.496 e. The molecular formula is C17H17BrFNO3. The van der Waals surface area contributed by atoms with Crippen molar-refractivity contribution in [2.24, 2.45) is 0 Å². The minimum Gasteiger partial charge on any atom is -0.496 e. The van der Waals surface area contributed by atoms with Gasteiger partial charge in [0.2, 0.25) is 0 Å². The molecule has 0 fully saturated rings. The zero-order chi connectivity index (χ0) is 17.0. The summed E-state index contributed by atoms with van der Waals surface area (Å²) in [4.78, 5) is 12.2. The molecule has 0 bridgehead atoms. The van der Waals surface area contributed by atoms with E-state index in [1.54, 1.807) is 7.11 Å². The Morgan fingerprint density at radius 1 is 1.13 bits per heavy atom. The zero-order valence-electron chi connectivity index (χ0n) is 13.0. The first-order chi connectivity index (χ1) is 11.0. The Morgan fingerprint density at radius 3 is 2.35 bits per heavy atom. The van der Waals surface area contributed by atoms with Gasteiger partial charge in [-0.1, -0.05) is 6.07 Å². The number of hydrogen-bond donors (Lipinski definition) is 1. The van der Waals surface area contributed by atoms with Crippen LogP contribution in [0, 0.1) is 5.82 Å². The van der Waals surface area contributed by atoms with Crippen LogP contribution >= 0.6 is 15.9 Å². The van der Waals surface area contributed by atoms with Crippen molar-refractivity contribution in [3.05, 3.63) is 57.8 Å². The fraction of sp³-hybridized carbons (Fsp3) is 0.235. The van der Waals surface area contributed by atoms with E-state index in [0.29, 0.717) is 5.75 Å². The van der Waals surface area contributed by atoms with Crippen LogP contribution in [0.2, 0.25) is 0 Å². The lowest BCUT2D eigenvalue weighted by molar-refractivity contribution is 0.0939. The van der Waals surface area contributed by atoms with Crippen molar-refractivity contribution in [1.82, 2.24) is 5.32 Å². The van der Waals surface area contributed by atoms with E-state index in [1.165, 1.54) is 19.2 Å². The Labute approximate surface area is 142 Å². The first-order valence-corrected chi connectivity index (χ1v) is 7.73. The second-order valence-corrected chi connectivity index (χ2v) is 5.79. The quantitative estimate of drug-likeness (QED) is 0.847. The first kappa shape index (κ1) is 17.3. The maximum absolute atomic E-state index is 13.7. The third-order valence-electron chi connectivity index (χ3n) is 3.44. The molecule has 0 radical (unpaired) electrons. The van der Waals surface area contributed by atoms with Crippen LogP contribution in [0.1, 0.15) is 28.9 Å². The average molecular weight is 382 g/mol. The number of hydrogen-bond acceptors (Lipinski definition) is 3. The molecule has 0 aliphatic rings. The number of carbonyl (C=O) groups is 1. The lowest BCUT2D eigenvalue weighted by Gasteiger charge is -2.16. The Balaban J connectivity index is 2.13. The van der Waals surface area contributed by atoms with Crippen molar-refractivity contribution in [3.8, 4) is 11.5 Å². The maximum atomic E-state index is 13.7. The molecule has 1 amide bonds. The normalized spacial score (nSPS) is 11.7. The molecule has 1 N–H and O–H groups in total. The summed E-state index contributed by atoms with van der Waals surface area (Å²) < 4.78 is 24.5. The van der Waals surface area contributed by atoms with E-state index >= 15 is 0 Å². The second-order valence-electron chi connectivity index (χ2n) is 4.94. The van der Waals surface area contributed by atoms with Gasteiger partial charge in [-0.05, 0) is 58.7 Å². The predicted molar refractivity (Wildman–Crippen MR) is 89.5 cm³/mol. The van der Waals surface area contributed by atoms with Gasteiger partial charge in [-0.2, -0.15) is 0 Å². The van der Waals surface area contributed by atoms with Gasteiger partial charge in [-0.25, -0.2) is 4.39 Å². The average Bonchev–Trinajstić information content (AvgIpc) is 2.54. The molecule has 2 aromatic carbocycles. The van der Waals surface area contributed by atoms with Crippen LogP contribution in [0.25, 0.3) is 0 Å². The van der Waals surface area contributed by atoms with E-state index in [0.717, 1.165) is 16.1 Å². The molecular weight excluding hydrogens is 365 g/mol. The standard InChI is InChI=1S/C17H17BrFNO3/c1-10(11-4-6-15(22-2)13(18)8-11)20-17(21)12-5-7-16(23-3)14(19)9-12/h4-10H,1-3H3,(H,20,21)/t10-/m1/s1. The van der Waals surface area contributed by atoms with Crippen molar-refractivity contribution in [2.45, 2.75) is 13.0 Å². The summed E-state index contributed by atoms with van der Waals surface area (Å²) in [5, 5.41) is 2.83. The van der Waals surface area contributed by atoms with Gasteiger partial charge in [-0.15, -0.1) is 0 Å².